The Hall–Kier alpha value is -0.570. The first-order valence-corrected chi connectivity index (χ1v) is 3.10. The largest absolute Gasteiger partial charge is 0.466 e. The molecule has 1 heterocycles. The van der Waals surface area contributed by atoms with E-state index < -0.39 is 0 Å². The fourth-order valence-corrected chi connectivity index (χ4v) is 0.592. The van der Waals surface area contributed by atoms with Gasteiger partial charge in [0.1, 0.15) is 0 Å². The number of esters is 1. The van der Waals surface area contributed by atoms with Crippen molar-refractivity contribution in [3.63, 3.8) is 0 Å². The topological polar surface area (TPSA) is 38.8 Å². The Morgan fingerprint density at radius 1 is 1.89 bits per heavy atom. The Morgan fingerprint density at radius 3 is 3.00 bits per heavy atom. The van der Waals surface area contributed by atoms with Crippen molar-refractivity contribution in [1.29, 1.82) is 0 Å². The quantitative estimate of drug-likeness (QED) is 0.408. The molecule has 0 bridgehead atoms. The molecule has 3 nitrogen and oxygen atoms in total. The molecule has 1 saturated heterocycles. The molecule has 0 aromatic carbocycles. The van der Waals surface area contributed by atoms with Crippen molar-refractivity contribution in [1.82, 2.24) is 0 Å². The molecule has 0 aromatic heterocycles. The van der Waals surface area contributed by atoms with Crippen molar-refractivity contribution in [3.8, 4) is 0 Å². The highest BCUT2D eigenvalue weighted by Crippen LogP contribution is 2.13. The molecule has 0 unspecified atom stereocenters. The summed E-state index contributed by atoms with van der Waals surface area (Å²) in [6.45, 7) is 2.98. The van der Waals surface area contributed by atoms with E-state index >= 15 is 0 Å². The Morgan fingerprint density at radius 2 is 2.56 bits per heavy atom. The summed E-state index contributed by atoms with van der Waals surface area (Å²) in [5, 5.41) is 0. The fourth-order valence-electron chi connectivity index (χ4n) is 0.592. The van der Waals surface area contributed by atoms with Crippen LogP contribution in [0.25, 0.3) is 0 Å². The van der Waals surface area contributed by atoms with Gasteiger partial charge in [-0.3, -0.25) is 4.79 Å². The summed E-state index contributed by atoms with van der Waals surface area (Å²) in [7, 11) is 0. The van der Waals surface area contributed by atoms with Gasteiger partial charge in [0.2, 0.25) is 0 Å². The summed E-state index contributed by atoms with van der Waals surface area (Å²) in [5.74, 6) is -0.153. The standard InChI is InChI=1S/C6H10O3/c1-2-8-6(7)3-5-4-9-5/h5H,2-4H2,1H3/t5-/m1/s1. The van der Waals surface area contributed by atoms with Gasteiger partial charge in [0.15, 0.2) is 0 Å². The summed E-state index contributed by atoms with van der Waals surface area (Å²) < 4.78 is 9.50. The average Bonchev–Trinajstić information content (AvgIpc) is 2.50. The van der Waals surface area contributed by atoms with Crippen molar-refractivity contribution >= 4 is 5.97 Å². The number of carbonyl (C=O) groups excluding carboxylic acids is 1. The molecular formula is C6H10O3. The van der Waals surface area contributed by atoms with Crippen LogP contribution >= 0.6 is 0 Å². The lowest BCUT2D eigenvalue weighted by atomic mass is 10.3. The van der Waals surface area contributed by atoms with Gasteiger partial charge in [0, 0.05) is 0 Å². The van der Waals surface area contributed by atoms with Gasteiger partial charge in [-0.15, -0.1) is 0 Å². The molecule has 1 atom stereocenters. The smallest absolute Gasteiger partial charge is 0.308 e. The first kappa shape index (κ1) is 6.55. The molecular weight excluding hydrogens is 120 g/mol. The molecule has 0 amide bonds. The maximum atomic E-state index is 10.6. The summed E-state index contributed by atoms with van der Waals surface area (Å²) in [6, 6.07) is 0. The third-order valence-electron chi connectivity index (χ3n) is 1.10. The zero-order valence-corrected chi connectivity index (χ0v) is 5.42. The normalized spacial score (nSPS) is 23.4. The third-order valence-corrected chi connectivity index (χ3v) is 1.10. The average molecular weight is 130 g/mol. The zero-order chi connectivity index (χ0) is 6.69. The second-order valence-corrected chi connectivity index (χ2v) is 1.96. The fraction of sp³-hybridized carbons (Fsp3) is 0.833. The predicted octanol–water partition coefficient (Wildman–Crippen LogP) is 0.338. The molecule has 0 aromatic rings. The highest BCUT2D eigenvalue weighted by molar-refractivity contribution is 5.70. The number of ether oxygens (including phenoxy) is 2. The summed E-state index contributed by atoms with van der Waals surface area (Å²) in [4.78, 5) is 10.6. The molecule has 9 heavy (non-hydrogen) atoms. The van der Waals surface area contributed by atoms with Gasteiger partial charge in [-0.05, 0) is 6.92 Å². The van der Waals surface area contributed by atoms with Crippen LogP contribution in [0.2, 0.25) is 0 Å². The van der Waals surface area contributed by atoms with Gasteiger partial charge >= 0.3 is 5.97 Å². The van der Waals surface area contributed by atoms with Crippen LogP contribution in [0.1, 0.15) is 13.3 Å². The van der Waals surface area contributed by atoms with E-state index in [1.807, 2.05) is 0 Å². The van der Waals surface area contributed by atoms with Crippen LogP contribution in [-0.4, -0.2) is 25.3 Å². The number of hydrogen-bond donors (Lipinski definition) is 0. The van der Waals surface area contributed by atoms with Gasteiger partial charge in [0.05, 0.1) is 25.7 Å². The van der Waals surface area contributed by atoms with E-state index in [2.05, 4.69) is 4.74 Å². The minimum atomic E-state index is -0.153. The molecule has 0 saturated carbocycles. The Labute approximate surface area is 53.9 Å². The van der Waals surface area contributed by atoms with Gasteiger partial charge in [-0.1, -0.05) is 0 Å². The molecule has 52 valence electrons. The van der Waals surface area contributed by atoms with E-state index in [0.717, 1.165) is 6.61 Å². The summed E-state index contributed by atoms with van der Waals surface area (Å²) in [5.41, 5.74) is 0. The number of hydrogen-bond acceptors (Lipinski definition) is 3. The van der Waals surface area contributed by atoms with E-state index in [0.29, 0.717) is 13.0 Å². The Balaban J connectivity index is 2.02. The number of carbonyl (C=O) groups is 1. The lowest BCUT2D eigenvalue weighted by molar-refractivity contribution is -0.143. The van der Waals surface area contributed by atoms with Gasteiger partial charge in [-0.2, -0.15) is 0 Å². The van der Waals surface area contributed by atoms with Crippen molar-refractivity contribution in [2.75, 3.05) is 13.2 Å². The van der Waals surface area contributed by atoms with Crippen LogP contribution < -0.4 is 0 Å². The molecule has 1 rings (SSSR count). The van der Waals surface area contributed by atoms with Crippen molar-refractivity contribution < 1.29 is 14.3 Å². The monoisotopic (exact) mass is 130 g/mol. The van der Waals surface area contributed by atoms with E-state index in [1.54, 1.807) is 6.92 Å². The van der Waals surface area contributed by atoms with Gasteiger partial charge in [0.25, 0.3) is 0 Å². The Bertz CT molecular complexity index is 107. The summed E-state index contributed by atoms with van der Waals surface area (Å²) in [6.07, 6.45) is 0.581. The van der Waals surface area contributed by atoms with Crippen LogP contribution in [-0.2, 0) is 14.3 Å². The zero-order valence-electron chi connectivity index (χ0n) is 5.42. The first-order chi connectivity index (χ1) is 4.33. The van der Waals surface area contributed by atoms with Crippen LogP contribution in [0.15, 0.2) is 0 Å². The first-order valence-electron chi connectivity index (χ1n) is 3.10. The number of rotatable bonds is 3. The van der Waals surface area contributed by atoms with Crippen molar-refractivity contribution in [3.05, 3.63) is 0 Å². The van der Waals surface area contributed by atoms with Crippen LogP contribution in [0.3, 0.4) is 0 Å². The van der Waals surface area contributed by atoms with Crippen molar-refractivity contribution in [2.24, 2.45) is 0 Å². The van der Waals surface area contributed by atoms with Gasteiger partial charge in [-0.25, -0.2) is 0 Å². The second kappa shape index (κ2) is 2.82. The van der Waals surface area contributed by atoms with Crippen LogP contribution in [0.5, 0.6) is 0 Å². The summed E-state index contributed by atoms with van der Waals surface area (Å²) >= 11 is 0. The molecule has 0 radical (unpaired) electrons. The SMILES string of the molecule is CCOC(=O)C[C@@H]1CO1. The van der Waals surface area contributed by atoms with Crippen LogP contribution in [0, 0.1) is 0 Å². The molecule has 1 fully saturated rings. The minimum Gasteiger partial charge on any atom is -0.466 e. The predicted molar refractivity (Wildman–Crippen MR) is 31.0 cm³/mol. The molecule has 3 heteroatoms. The highest BCUT2D eigenvalue weighted by atomic mass is 16.6. The molecule has 0 N–H and O–H groups in total. The number of epoxide rings is 1. The molecule has 0 spiro atoms. The van der Waals surface area contributed by atoms with E-state index in [9.17, 15) is 4.79 Å². The van der Waals surface area contributed by atoms with Crippen molar-refractivity contribution in [2.45, 2.75) is 19.4 Å². The molecule has 0 aliphatic carbocycles. The van der Waals surface area contributed by atoms with E-state index in [4.69, 9.17) is 4.74 Å². The molecule has 1 aliphatic heterocycles. The second-order valence-electron chi connectivity index (χ2n) is 1.96. The van der Waals surface area contributed by atoms with Gasteiger partial charge < -0.3 is 9.47 Å². The maximum absolute atomic E-state index is 10.6. The van der Waals surface area contributed by atoms with E-state index in [1.165, 1.54) is 0 Å². The third kappa shape index (κ3) is 2.46. The highest BCUT2D eigenvalue weighted by Gasteiger charge is 2.25. The van der Waals surface area contributed by atoms with E-state index in [-0.39, 0.29) is 12.1 Å². The lowest BCUT2D eigenvalue weighted by Gasteiger charge is -1.96. The lowest BCUT2D eigenvalue weighted by Crippen LogP contribution is -2.06. The minimum absolute atomic E-state index is 0.153. The molecule has 1 aliphatic rings. The maximum Gasteiger partial charge on any atom is 0.308 e. The Kier molecular flexibility index (Phi) is 2.05. The van der Waals surface area contributed by atoms with Crippen LogP contribution in [0.4, 0.5) is 0 Å².